The largest absolute Gasteiger partial charge is 0.494 e. The fourth-order valence-corrected chi connectivity index (χ4v) is 2.39. The Balaban J connectivity index is 2.62. The summed E-state index contributed by atoms with van der Waals surface area (Å²) in [6, 6.07) is 6.06. The second-order valence-corrected chi connectivity index (χ2v) is 4.43. The summed E-state index contributed by atoms with van der Waals surface area (Å²) in [7, 11) is 3.34. The fourth-order valence-electron chi connectivity index (χ4n) is 2.21. The molecule has 0 saturated carbocycles. The zero-order valence-electron chi connectivity index (χ0n) is 10.8. The van der Waals surface area contributed by atoms with E-state index in [2.05, 4.69) is 16.5 Å². The third kappa shape index (κ3) is 2.18. The molecule has 0 N–H and O–H groups in total. The highest BCUT2D eigenvalue weighted by molar-refractivity contribution is 6.16. The minimum absolute atomic E-state index is 0.181. The summed E-state index contributed by atoms with van der Waals surface area (Å²) in [5.74, 6) is 1.97. The molecule has 5 heteroatoms. The number of ether oxygens (including phenoxy) is 2. The smallest absolute Gasteiger partial charge is 0.146 e. The molecule has 0 radical (unpaired) electrons. The predicted molar refractivity (Wildman–Crippen MR) is 72.4 cm³/mol. The van der Waals surface area contributed by atoms with Gasteiger partial charge >= 0.3 is 0 Å². The first-order valence-electron chi connectivity index (χ1n) is 5.81. The van der Waals surface area contributed by atoms with Crippen LogP contribution >= 0.6 is 11.6 Å². The number of nitrogens with zero attached hydrogens (tertiary/aromatic N) is 2. The van der Waals surface area contributed by atoms with Crippen molar-refractivity contribution in [2.75, 3.05) is 20.8 Å². The van der Waals surface area contributed by atoms with Crippen LogP contribution < -0.4 is 4.74 Å². The van der Waals surface area contributed by atoms with E-state index in [4.69, 9.17) is 21.1 Å². The van der Waals surface area contributed by atoms with Crippen LogP contribution in [0.3, 0.4) is 0 Å². The number of methoxy groups -OCH3 is 2. The zero-order chi connectivity index (χ0) is 13.1. The van der Waals surface area contributed by atoms with Crippen molar-refractivity contribution >= 4 is 22.6 Å². The molecule has 1 aromatic carbocycles. The van der Waals surface area contributed by atoms with E-state index in [0.29, 0.717) is 12.5 Å². The van der Waals surface area contributed by atoms with Crippen LogP contribution in [0, 0.1) is 0 Å². The van der Waals surface area contributed by atoms with E-state index < -0.39 is 0 Å². The molecule has 4 nitrogen and oxygen atoms in total. The summed E-state index contributed by atoms with van der Waals surface area (Å²) in [5, 5.41) is 0. The minimum Gasteiger partial charge on any atom is -0.494 e. The average Bonchev–Trinajstić information content (AvgIpc) is 2.77. The van der Waals surface area contributed by atoms with Crippen LogP contribution in [0.25, 0.3) is 11.0 Å². The van der Waals surface area contributed by atoms with E-state index in [9.17, 15) is 0 Å². The maximum absolute atomic E-state index is 5.98. The Morgan fingerprint density at radius 1 is 1.39 bits per heavy atom. The lowest BCUT2D eigenvalue weighted by atomic mass is 10.2. The number of hydrogen-bond acceptors (Lipinski definition) is 3. The Hall–Kier alpha value is -1.26. The number of aromatic nitrogens is 2. The van der Waals surface area contributed by atoms with Gasteiger partial charge in [-0.3, -0.25) is 0 Å². The summed E-state index contributed by atoms with van der Waals surface area (Å²) >= 11 is 5.98. The molecule has 0 aliphatic heterocycles. The summed E-state index contributed by atoms with van der Waals surface area (Å²) < 4.78 is 12.6. The Kier molecular flexibility index (Phi) is 4.09. The molecular formula is C13H17ClN2O2. The van der Waals surface area contributed by atoms with Gasteiger partial charge in [0.2, 0.25) is 0 Å². The number of para-hydroxylation sites is 1. The van der Waals surface area contributed by atoms with Crippen molar-refractivity contribution in [3.05, 3.63) is 24.0 Å². The molecule has 0 aliphatic carbocycles. The lowest BCUT2D eigenvalue weighted by Crippen LogP contribution is -2.13. The van der Waals surface area contributed by atoms with Crippen molar-refractivity contribution in [1.29, 1.82) is 0 Å². The highest BCUT2D eigenvalue weighted by Gasteiger charge is 2.17. The van der Waals surface area contributed by atoms with E-state index in [1.165, 1.54) is 0 Å². The van der Waals surface area contributed by atoms with Crippen LogP contribution in [-0.2, 0) is 10.6 Å². The molecule has 2 aromatic rings. The van der Waals surface area contributed by atoms with E-state index in [-0.39, 0.29) is 6.04 Å². The van der Waals surface area contributed by atoms with Gasteiger partial charge in [0, 0.05) is 7.11 Å². The van der Waals surface area contributed by atoms with Crippen molar-refractivity contribution in [3.8, 4) is 5.75 Å². The van der Waals surface area contributed by atoms with Gasteiger partial charge in [0.25, 0.3) is 0 Å². The molecule has 1 aromatic heterocycles. The Bertz CT molecular complexity index is 539. The van der Waals surface area contributed by atoms with E-state index >= 15 is 0 Å². The number of halogens is 1. The second-order valence-electron chi connectivity index (χ2n) is 4.16. The first kappa shape index (κ1) is 13.2. The quantitative estimate of drug-likeness (QED) is 0.782. The van der Waals surface area contributed by atoms with E-state index in [1.807, 2.05) is 18.2 Å². The number of benzene rings is 1. The van der Waals surface area contributed by atoms with Crippen molar-refractivity contribution in [2.24, 2.45) is 0 Å². The molecule has 18 heavy (non-hydrogen) atoms. The van der Waals surface area contributed by atoms with Crippen LogP contribution in [0.15, 0.2) is 18.2 Å². The van der Waals surface area contributed by atoms with E-state index in [0.717, 1.165) is 22.6 Å². The Morgan fingerprint density at radius 3 is 2.78 bits per heavy atom. The number of rotatable bonds is 5. The van der Waals surface area contributed by atoms with Crippen LogP contribution in [0.2, 0.25) is 0 Å². The molecule has 1 heterocycles. The maximum atomic E-state index is 5.98. The molecule has 0 amide bonds. The lowest BCUT2D eigenvalue weighted by Gasteiger charge is -2.16. The van der Waals surface area contributed by atoms with Crippen molar-refractivity contribution in [3.63, 3.8) is 0 Å². The molecule has 0 saturated heterocycles. The predicted octanol–water partition coefficient (Wildman–Crippen LogP) is 2.99. The van der Waals surface area contributed by atoms with Gasteiger partial charge in [-0.05, 0) is 19.1 Å². The molecule has 1 atom stereocenters. The first-order chi connectivity index (χ1) is 8.72. The number of hydrogen-bond donors (Lipinski definition) is 0. The molecule has 0 aliphatic rings. The van der Waals surface area contributed by atoms with Gasteiger partial charge in [0.15, 0.2) is 0 Å². The van der Waals surface area contributed by atoms with Crippen molar-refractivity contribution < 1.29 is 9.47 Å². The molecule has 98 valence electrons. The standard InChI is InChI=1S/C13H17ClN2O2/c1-9(8-17-2)16-10-5-4-6-11(18-3)13(10)15-12(16)7-14/h4-6,9H,7-8H2,1-3H3. The second kappa shape index (κ2) is 5.59. The van der Waals surface area contributed by atoms with E-state index in [1.54, 1.807) is 14.2 Å². The molecule has 0 spiro atoms. The summed E-state index contributed by atoms with van der Waals surface area (Å²) in [6.45, 7) is 2.70. The van der Waals surface area contributed by atoms with Gasteiger partial charge in [0.05, 0.1) is 31.2 Å². The van der Waals surface area contributed by atoms with Gasteiger partial charge in [-0.1, -0.05) is 6.07 Å². The van der Waals surface area contributed by atoms with Crippen LogP contribution in [-0.4, -0.2) is 30.4 Å². The van der Waals surface area contributed by atoms with Crippen molar-refractivity contribution in [2.45, 2.75) is 18.8 Å². The SMILES string of the molecule is COCC(C)n1c(CCl)nc2c(OC)cccc21. The molecule has 0 fully saturated rings. The monoisotopic (exact) mass is 268 g/mol. The van der Waals surface area contributed by atoms with Crippen LogP contribution in [0.4, 0.5) is 0 Å². The third-order valence-corrected chi connectivity index (χ3v) is 3.18. The molecular weight excluding hydrogens is 252 g/mol. The maximum Gasteiger partial charge on any atom is 0.146 e. The van der Waals surface area contributed by atoms with Gasteiger partial charge in [-0.25, -0.2) is 4.98 Å². The summed E-state index contributed by atoms with van der Waals surface area (Å²) in [4.78, 5) is 4.56. The summed E-state index contributed by atoms with van der Waals surface area (Å²) in [5.41, 5.74) is 1.87. The lowest BCUT2D eigenvalue weighted by molar-refractivity contribution is 0.163. The number of alkyl halides is 1. The number of fused-ring (bicyclic) bond motifs is 1. The van der Waals surface area contributed by atoms with Crippen LogP contribution in [0.5, 0.6) is 5.75 Å². The molecule has 0 bridgehead atoms. The van der Waals surface area contributed by atoms with Gasteiger partial charge < -0.3 is 14.0 Å². The van der Waals surface area contributed by atoms with Gasteiger partial charge in [0.1, 0.15) is 17.1 Å². The molecule has 2 rings (SSSR count). The topological polar surface area (TPSA) is 36.3 Å². The van der Waals surface area contributed by atoms with Gasteiger partial charge in [-0.2, -0.15) is 0 Å². The summed E-state index contributed by atoms with van der Waals surface area (Å²) in [6.07, 6.45) is 0. The van der Waals surface area contributed by atoms with Crippen molar-refractivity contribution in [1.82, 2.24) is 9.55 Å². The Morgan fingerprint density at radius 2 is 2.17 bits per heavy atom. The van der Waals surface area contributed by atoms with Gasteiger partial charge in [-0.15, -0.1) is 11.6 Å². The highest BCUT2D eigenvalue weighted by Crippen LogP contribution is 2.29. The Labute approximate surface area is 111 Å². The molecule has 1 unspecified atom stereocenters. The zero-order valence-corrected chi connectivity index (χ0v) is 11.6. The third-order valence-electron chi connectivity index (χ3n) is 2.94. The average molecular weight is 269 g/mol. The first-order valence-corrected chi connectivity index (χ1v) is 6.35. The number of imidazole rings is 1. The highest BCUT2D eigenvalue weighted by atomic mass is 35.5. The van der Waals surface area contributed by atoms with Crippen LogP contribution in [0.1, 0.15) is 18.8 Å². The minimum atomic E-state index is 0.181. The normalized spacial score (nSPS) is 12.9. The fraction of sp³-hybridized carbons (Fsp3) is 0.462.